The van der Waals surface area contributed by atoms with Gasteiger partial charge in [-0.25, -0.2) is 0 Å². The summed E-state index contributed by atoms with van der Waals surface area (Å²) in [5.41, 5.74) is 15.6. The Labute approximate surface area is 418 Å². The summed E-state index contributed by atoms with van der Waals surface area (Å²) < 4.78 is 6.38. The van der Waals surface area contributed by atoms with Crippen molar-refractivity contribution in [2.24, 2.45) is 0 Å². The van der Waals surface area contributed by atoms with E-state index in [0.29, 0.717) is 11.8 Å². The van der Waals surface area contributed by atoms with Crippen molar-refractivity contribution in [1.82, 2.24) is 14.5 Å². The molecule has 0 aliphatic heterocycles. The zero-order valence-corrected chi connectivity index (χ0v) is 45.6. The van der Waals surface area contributed by atoms with E-state index in [2.05, 4.69) is 221 Å². The molecule has 67 heavy (non-hydrogen) atoms. The Morgan fingerprint density at radius 3 is 1.85 bits per heavy atom. The van der Waals surface area contributed by atoms with Gasteiger partial charge in [-0.1, -0.05) is 150 Å². The zero-order chi connectivity index (χ0) is 46.3. The maximum Gasteiger partial charge on any atom is 0 e. The van der Waals surface area contributed by atoms with E-state index >= 15 is 0 Å². The van der Waals surface area contributed by atoms with Gasteiger partial charge in [0.1, 0.15) is 0 Å². The number of aromatic nitrogens is 3. The molecule has 3 nitrogen and oxygen atoms in total. The molecule has 0 fully saturated rings. The van der Waals surface area contributed by atoms with Crippen molar-refractivity contribution in [1.29, 1.82) is 0 Å². The molecule has 3 heterocycles. The first-order valence-electron chi connectivity index (χ1n) is 23.3. The molecule has 0 bridgehead atoms. The molecule has 10 aromatic rings. The predicted molar refractivity (Wildman–Crippen MR) is 287 cm³/mol. The Bertz CT molecular complexity index is 3270. The Balaban J connectivity index is 0.000000303. The summed E-state index contributed by atoms with van der Waals surface area (Å²) >= 11 is 0.132. The third-order valence-corrected chi connectivity index (χ3v) is 18.1. The fraction of sp³-hybridized carbons (Fsp3) is 0.213. The van der Waals surface area contributed by atoms with Crippen LogP contribution in [0, 0.1) is 12.1 Å². The van der Waals surface area contributed by atoms with E-state index in [1.807, 2.05) is 41.8 Å². The molecule has 10 rings (SSSR count). The second kappa shape index (κ2) is 19.7. The van der Waals surface area contributed by atoms with Gasteiger partial charge < -0.3 is 4.57 Å². The van der Waals surface area contributed by atoms with Crippen molar-refractivity contribution in [3.63, 3.8) is 0 Å². The molecule has 0 aliphatic rings. The van der Waals surface area contributed by atoms with Gasteiger partial charge in [0.2, 0.25) is 0 Å². The minimum Gasteiger partial charge on any atom is 0 e. The van der Waals surface area contributed by atoms with E-state index < -0.39 is 13.3 Å². The van der Waals surface area contributed by atoms with E-state index in [4.69, 9.17) is 4.98 Å². The van der Waals surface area contributed by atoms with Crippen LogP contribution in [0.1, 0.15) is 77.0 Å². The number of imidazole rings is 1. The van der Waals surface area contributed by atoms with Crippen LogP contribution in [0.2, 0.25) is 17.3 Å². The molecule has 3 aromatic heterocycles. The van der Waals surface area contributed by atoms with E-state index in [9.17, 15) is 0 Å². The third-order valence-electron chi connectivity index (χ3n) is 12.7. The van der Waals surface area contributed by atoms with Gasteiger partial charge in [-0.05, 0) is 84.5 Å². The molecule has 0 N–H and O–H groups in total. The SMILES string of the molecule is CC(C)c1cc(C(C)(C)C)cc(C(C)C)c1-n1c(-c2[c-]ccc3c2sc2cc(-c4ccc(-c5ccccc5)cc4)ccc23)nc2ccccc21.[CH3][Ge]([CH3])([CH3])[c]1ccc(-c2[c-]cccc2)nc1.[Ir]. The number of nitrogens with zero attached hydrogens (tertiary/aromatic N) is 3. The molecule has 0 aliphatic carbocycles. The quantitative estimate of drug-likeness (QED) is 0.112. The van der Waals surface area contributed by atoms with Crippen LogP contribution < -0.4 is 4.40 Å². The van der Waals surface area contributed by atoms with E-state index in [1.54, 1.807) is 0 Å². The zero-order valence-electron chi connectivity index (χ0n) is 40.3. The van der Waals surface area contributed by atoms with Gasteiger partial charge in [-0.15, -0.1) is 18.2 Å². The number of para-hydroxylation sites is 2. The monoisotopic (exact) mass is 1130 g/mol. The maximum absolute atomic E-state index is 5.39. The largest absolute Gasteiger partial charge is 0 e. The summed E-state index contributed by atoms with van der Waals surface area (Å²) in [7, 11) is 0. The molecule has 0 atom stereocenters. The molecule has 0 amide bonds. The van der Waals surface area contributed by atoms with Crippen LogP contribution in [0.3, 0.4) is 0 Å². The number of hydrogen-bond donors (Lipinski definition) is 0. The first kappa shape index (κ1) is 48.0. The fourth-order valence-corrected chi connectivity index (χ4v) is 12.2. The van der Waals surface area contributed by atoms with Crippen LogP contribution in [0.25, 0.3) is 81.8 Å². The van der Waals surface area contributed by atoms with Crippen molar-refractivity contribution in [2.45, 2.75) is 83.0 Å². The summed E-state index contributed by atoms with van der Waals surface area (Å²) in [6.07, 6.45) is 2.04. The topological polar surface area (TPSA) is 30.7 Å². The number of benzene rings is 7. The van der Waals surface area contributed by atoms with Gasteiger partial charge in [0.25, 0.3) is 0 Å². The number of hydrogen-bond acceptors (Lipinski definition) is 3. The second-order valence-corrected chi connectivity index (χ2v) is 31.8. The van der Waals surface area contributed by atoms with E-state index in [-0.39, 0.29) is 25.5 Å². The average Bonchev–Trinajstić information content (AvgIpc) is 3.90. The summed E-state index contributed by atoms with van der Waals surface area (Å²) in [5, 5.41) is 2.52. The van der Waals surface area contributed by atoms with Gasteiger partial charge in [0, 0.05) is 30.5 Å². The van der Waals surface area contributed by atoms with Crippen LogP contribution in [-0.4, -0.2) is 27.8 Å². The average molecular weight is 1130 g/mol. The number of rotatable bonds is 8. The molecule has 0 unspecified atom stereocenters. The Morgan fingerprint density at radius 2 is 1.24 bits per heavy atom. The molecule has 0 saturated heterocycles. The van der Waals surface area contributed by atoms with E-state index in [1.165, 1.54) is 69.2 Å². The normalized spacial score (nSPS) is 11.9. The Hall–Kier alpha value is -5.43. The molecular weight excluding hydrogens is 1070 g/mol. The third kappa shape index (κ3) is 9.94. The summed E-state index contributed by atoms with van der Waals surface area (Å²) in [6.45, 7) is 16.2. The summed E-state index contributed by atoms with van der Waals surface area (Å²) in [6, 6.07) is 63.4. The molecule has 0 spiro atoms. The number of pyridine rings is 1. The van der Waals surface area contributed by atoms with Crippen molar-refractivity contribution >= 4 is 60.2 Å². The van der Waals surface area contributed by atoms with Gasteiger partial charge in [-0.3, -0.25) is 4.98 Å². The molecule has 339 valence electrons. The first-order chi connectivity index (χ1) is 31.7. The van der Waals surface area contributed by atoms with Gasteiger partial charge in [0.15, 0.2) is 0 Å². The molecule has 7 aromatic carbocycles. The van der Waals surface area contributed by atoms with Gasteiger partial charge in [0.05, 0.1) is 16.9 Å². The van der Waals surface area contributed by atoms with Crippen LogP contribution in [-0.2, 0) is 25.5 Å². The van der Waals surface area contributed by atoms with Gasteiger partial charge >= 0.3 is 99.8 Å². The minimum absolute atomic E-state index is 0. The van der Waals surface area contributed by atoms with Crippen molar-refractivity contribution in [2.75, 3.05) is 0 Å². The van der Waals surface area contributed by atoms with Crippen LogP contribution in [0.15, 0.2) is 164 Å². The van der Waals surface area contributed by atoms with Crippen LogP contribution >= 0.6 is 11.3 Å². The number of fused-ring (bicyclic) bond motifs is 4. The molecular formula is C61H59GeIrN3S-2. The summed E-state index contributed by atoms with van der Waals surface area (Å²) in [4.78, 5) is 9.92. The van der Waals surface area contributed by atoms with E-state index in [0.717, 1.165) is 33.7 Å². The Morgan fingerprint density at radius 1 is 0.612 bits per heavy atom. The van der Waals surface area contributed by atoms with Crippen molar-refractivity contribution in [3.8, 4) is 50.6 Å². The summed E-state index contributed by atoms with van der Waals surface area (Å²) in [5.74, 6) is 8.76. The molecule has 6 heteroatoms. The molecule has 1 radical (unpaired) electrons. The predicted octanol–water partition coefficient (Wildman–Crippen LogP) is 16.8. The maximum atomic E-state index is 5.39. The Kier molecular flexibility index (Phi) is 14.1. The van der Waals surface area contributed by atoms with Crippen molar-refractivity contribution in [3.05, 3.63) is 193 Å². The van der Waals surface area contributed by atoms with Crippen LogP contribution in [0.4, 0.5) is 0 Å². The standard InChI is InChI=1S/C47H43N2S.C14H16GeN.Ir/c1-29(2)39-27-35(47(5,6)7)28-40(30(3)4)44(39)49-42-19-12-11-18-41(42)48-46(49)38-17-13-16-37-36-25-24-34(26-43(36)50-45(37)38)33-22-20-32(21-23-33)31-14-9-8-10-15-31;1-15(2,3)13-9-10-14(16-11-13)12-7-5-4-6-8-12;/h8-16,18-30H,1-7H3;4-7,9-11H,1-3H3;/q2*-1;. The minimum atomic E-state index is -1.72. The fourth-order valence-electron chi connectivity index (χ4n) is 8.79. The second-order valence-electron chi connectivity index (χ2n) is 20.1. The van der Waals surface area contributed by atoms with Gasteiger partial charge in [-0.2, -0.15) is 11.3 Å². The number of thiophene rings is 1. The van der Waals surface area contributed by atoms with Crippen molar-refractivity contribution < 1.29 is 20.1 Å². The molecule has 0 saturated carbocycles. The van der Waals surface area contributed by atoms with Crippen LogP contribution in [0.5, 0.6) is 0 Å². The first-order valence-corrected chi connectivity index (χ1v) is 31.4. The smallest absolute Gasteiger partial charge is 0 e.